The standard InChI is InChI=1S/C11H16N4O2/c1-2-5-8(10(12)15-17)14-11(16)9-6-3-4-7-13-9/h3-4,6-8,17H,2,5H2,1H3,(H2,12,15)(H,14,16). The first-order valence-corrected chi connectivity index (χ1v) is 5.38. The minimum Gasteiger partial charge on any atom is -0.409 e. The second kappa shape index (κ2) is 6.47. The lowest BCUT2D eigenvalue weighted by molar-refractivity contribution is 0.0940. The summed E-state index contributed by atoms with van der Waals surface area (Å²) in [5, 5.41) is 14.2. The van der Waals surface area contributed by atoms with Crippen LogP contribution in [0.5, 0.6) is 0 Å². The molecule has 0 saturated heterocycles. The molecule has 6 nitrogen and oxygen atoms in total. The zero-order chi connectivity index (χ0) is 12.7. The molecule has 0 aliphatic rings. The quantitative estimate of drug-likeness (QED) is 0.303. The van der Waals surface area contributed by atoms with Crippen molar-refractivity contribution in [2.24, 2.45) is 10.9 Å². The predicted molar refractivity (Wildman–Crippen MR) is 63.8 cm³/mol. The van der Waals surface area contributed by atoms with Gasteiger partial charge in [0, 0.05) is 6.20 Å². The summed E-state index contributed by atoms with van der Waals surface area (Å²) in [6, 6.07) is 4.58. The highest BCUT2D eigenvalue weighted by molar-refractivity contribution is 5.96. The topological polar surface area (TPSA) is 101 Å². The first kappa shape index (κ1) is 13.0. The molecule has 1 unspecified atom stereocenters. The van der Waals surface area contributed by atoms with Gasteiger partial charge < -0.3 is 16.3 Å². The largest absolute Gasteiger partial charge is 0.409 e. The molecule has 17 heavy (non-hydrogen) atoms. The number of amidine groups is 1. The van der Waals surface area contributed by atoms with E-state index in [2.05, 4.69) is 15.5 Å². The molecule has 0 aliphatic heterocycles. The highest BCUT2D eigenvalue weighted by Gasteiger charge is 2.17. The van der Waals surface area contributed by atoms with E-state index < -0.39 is 6.04 Å². The summed E-state index contributed by atoms with van der Waals surface area (Å²) in [5.41, 5.74) is 5.80. The number of oxime groups is 1. The Morgan fingerprint density at radius 2 is 2.41 bits per heavy atom. The van der Waals surface area contributed by atoms with Crippen LogP contribution in [0, 0.1) is 0 Å². The SMILES string of the molecule is CCCC(NC(=O)c1ccccn1)/C(N)=N/O. The van der Waals surface area contributed by atoms with Gasteiger partial charge in [-0.15, -0.1) is 0 Å². The zero-order valence-electron chi connectivity index (χ0n) is 9.63. The van der Waals surface area contributed by atoms with E-state index in [1.165, 1.54) is 6.20 Å². The summed E-state index contributed by atoms with van der Waals surface area (Å²) in [5.74, 6) is -0.341. The summed E-state index contributed by atoms with van der Waals surface area (Å²) in [4.78, 5) is 15.7. The van der Waals surface area contributed by atoms with Gasteiger partial charge in [-0.1, -0.05) is 24.6 Å². The van der Waals surface area contributed by atoms with Crippen molar-refractivity contribution in [2.45, 2.75) is 25.8 Å². The van der Waals surface area contributed by atoms with Crippen LogP contribution in [0.1, 0.15) is 30.3 Å². The Morgan fingerprint density at radius 1 is 1.65 bits per heavy atom. The van der Waals surface area contributed by atoms with Gasteiger partial charge in [-0.25, -0.2) is 0 Å². The van der Waals surface area contributed by atoms with Gasteiger partial charge in [-0.3, -0.25) is 9.78 Å². The molecule has 0 fully saturated rings. The number of amides is 1. The Morgan fingerprint density at radius 3 is 2.94 bits per heavy atom. The fourth-order valence-corrected chi connectivity index (χ4v) is 1.38. The average molecular weight is 236 g/mol. The molecule has 0 saturated carbocycles. The number of carbonyl (C=O) groups excluding carboxylic acids is 1. The first-order chi connectivity index (χ1) is 8.19. The second-order valence-corrected chi connectivity index (χ2v) is 3.55. The lowest BCUT2D eigenvalue weighted by Gasteiger charge is -2.15. The number of carbonyl (C=O) groups is 1. The van der Waals surface area contributed by atoms with E-state index in [-0.39, 0.29) is 11.7 Å². The van der Waals surface area contributed by atoms with Gasteiger partial charge in [0.05, 0.1) is 6.04 Å². The molecule has 1 heterocycles. The maximum Gasteiger partial charge on any atom is 0.270 e. The van der Waals surface area contributed by atoms with E-state index in [9.17, 15) is 4.79 Å². The van der Waals surface area contributed by atoms with Gasteiger partial charge in [0.1, 0.15) is 5.69 Å². The smallest absolute Gasteiger partial charge is 0.270 e. The normalized spacial score (nSPS) is 13.1. The highest BCUT2D eigenvalue weighted by atomic mass is 16.4. The Balaban J connectivity index is 2.71. The molecule has 0 spiro atoms. The predicted octanol–water partition coefficient (Wildman–Crippen LogP) is 0.726. The molecule has 0 aliphatic carbocycles. The number of nitrogens with one attached hydrogen (secondary N) is 1. The minimum absolute atomic E-state index is 0.00358. The van der Waals surface area contributed by atoms with E-state index >= 15 is 0 Å². The lowest BCUT2D eigenvalue weighted by Crippen LogP contribution is -2.44. The molecule has 0 bridgehead atoms. The summed E-state index contributed by atoms with van der Waals surface area (Å²) >= 11 is 0. The van der Waals surface area contributed by atoms with Crippen molar-refractivity contribution >= 4 is 11.7 Å². The van der Waals surface area contributed by atoms with Crippen molar-refractivity contribution in [1.29, 1.82) is 0 Å². The number of nitrogens with zero attached hydrogens (tertiary/aromatic N) is 2. The number of pyridine rings is 1. The minimum atomic E-state index is -0.473. The van der Waals surface area contributed by atoms with Crippen LogP contribution in [0.4, 0.5) is 0 Å². The molecule has 0 radical (unpaired) electrons. The molecule has 1 aromatic rings. The van der Waals surface area contributed by atoms with Crippen molar-refractivity contribution < 1.29 is 10.0 Å². The van der Waals surface area contributed by atoms with E-state index in [0.29, 0.717) is 12.1 Å². The molecule has 1 atom stereocenters. The van der Waals surface area contributed by atoms with Gasteiger partial charge in [0.25, 0.3) is 5.91 Å². The summed E-state index contributed by atoms with van der Waals surface area (Å²) in [7, 11) is 0. The molecular weight excluding hydrogens is 220 g/mol. The first-order valence-electron chi connectivity index (χ1n) is 5.38. The van der Waals surface area contributed by atoms with E-state index in [4.69, 9.17) is 10.9 Å². The van der Waals surface area contributed by atoms with Gasteiger partial charge in [-0.05, 0) is 18.6 Å². The van der Waals surface area contributed by atoms with Crippen molar-refractivity contribution in [3.63, 3.8) is 0 Å². The summed E-state index contributed by atoms with van der Waals surface area (Å²) < 4.78 is 0. The maximum absolute atomic E-state index is 11.8. The van der Waals surface area contributed by atoms with Crippen molar-refractivity contribution in [3.05, 3.63) is 30.1 Å². The Hall–Kier alpha value is -2.11. The second-order valence-electron chi connectivity index (χ2n) is 3.55. The third-order valence-electron chi connectivity index (χ3n) is 2.25. The Labute approximate surface area is 99.5 Å². The molecule has 0 aromatic carbocycles. The third-order valence-corrected chi connectivity index (χ3v) is 2.25. The fraction of sp³-hybridized carbons (Fsp3) is 0.364. The van der Waals surface area contributed by atoms with Gasteiger partial charge >= 0.3 is 0 Å². The monoisotopic (exact) mass is 236 g/mol. The number of nitrogens with two attached hydrogens (primary N) is 1. The molecule has 6 heteroatoms. The lowest BCUT2D eigenvalue weighted by atomic mass is 10.1. The molecule has 1 rings (SSSR count). The van der Waals surface area contributed by atoms with Crippen LogP contribution < -0.4 is 11.1 Å². The van der Waals surface area contributed by atoms with Crippen molar-refractivity contribution in [1.82, 2.24) is 10.3 Å². The number of aromatic nitrogens is 1. The van der Waals surface area contributed by atoms with Crippen LogP contribution >= 0.6 is 0 Å². The third kappa shape index (κ3) is 3.75. The van der Waals surface area contributed by atoms with Gasteiger partial charge in [0.2, 0.25) is 0 Å². The molecule has 1 aromatic heterocycles. The van der Waals surface area contributed by atoms with E-state index in [1.807, 2.05) is 6.92 Å². The van der Waals surface area contributed by atoms with Crippen LogP contribution in [-0.4, -0.2) is 28.0 Å². The van der Waals surface area contributed by atoms with E-state index in [1.54, 1.807) is 18.2 Å². The van der Waals surface area contributed by atoms with Crippen LogP contribution in [0.2, 0.25) is 0 Å². The van der Waals surface area contributed by atoms with E-state index in [0.717, 1.165) is 6.42 Å². The Kier molecular flexibility index (Phi) is 4.93. The number of hydrogen-bond acceptors (Lipinski definition) is 4. The summed E-state index contributed by atoms with van der Waals surface area (Å²) in [6.45, 7) is 1.95. The zero-order valence-corrected chi connectivity index (χ0v) is 9.63. The highest BCUT2D eigenvalue weighted by Crippen LogP contribution is 2.00. The molecule has 4 N–H and O–H groups in total. The van der Waals surface area contributed by atoms with Gasteiger partial charge in [0.15, 0.2) is 5.84 Å². The summed E-state index contributed by atoms with van der Waals surface area (Å²) in [6.07, 6.45) is 2.95. The molecule has 1 amide bonds. The molecule has 92 valence electrons. The van der Waals surface area contributed by atoms with Crippen LogP contribution in [0.25, 0.3) is 0 Å². The van der Waals surface area contributed by atoms with Crippen LogP contribution in [0.3, 0.4) is 0 Å². The van der Waals surface area contributed by atoms with Crippen molar-refractivity contribution in [2.75, 3.05) is 0 Å². The fourth-order valence-electron chi connectivity index (χ4n) is 1.38. The van der Waals surface area contributed by atoms with Crippen LogP contribution in [-0.2, 0) is 0 Å². The molecular formula is C11H16N4O2. The average Bonchev–Trinajstić information content (AvgIpc) is 2.38. The Bertz CT molecular complexity index is 392. The van der Waals surface area contributed by atoms with Crippen molar-refractivity contribution in [3.8, 4) is 0 Å². The van der Waals surface area contributed by atoms with Crippen LogP contribution in [0.15, 0.2) is 29.6 Å². The number of rotatable bonds is 5. The maximum atomic E-state index is 11.8. The number of hydrogen-bond donors (Lipinski definition) is 3. The van der Waals surface area contributed by atoms with Gasteiger partial charge in [-0.2, -0.15) is 0 Å².